The molecule has 1 aliphatic carbocycles. The molecule has 0 bridgehead atoms. The maximum Gasteiger partial charge on any atom is 0.343 e. The molecule has 2 rings (SSSR count). The van der Waals surface area contributed by atoms with Crippen molar-refractivity contribution in [2.24, 2.45) is 0 Å². The van der Waals surface area contributed by atoms with E-state index in [9.17, 15) is 4.79 Å². The number of hydrogen-bond acceptors (Lipinski definition) is 2. The van der Waals surface area contributed by atoms with Gasteiger partial charge in [-0.15, -0.1) is 0 Å². The van der Waals surface area contributed by atoms with Gasteiger partial charge >= 0.3 is 5.97 Å². The maximum atomic E-state index is 11.7. The molecule has 0 N–H and O–H groups in total. The van der Waals surface area contributed by atoms with Gasteiger partial charge in [-0.2, -0.15) is 0 Å². The Morgan fingerprint density at radius 3 is 2.50 bits per heavy atom. The Hall–Kier alpha value is -1.83. The quantitative estimate of drug-likeness (QED) is 0.704. The number of allylic oxidation sites excluding steroid dienone is 4. The normalized spacial score (nSPS) is 15.1. The molecule has 0 saturated heterocycles. The molecule has 0 fully saturated rings. The van der Waals surface area contributed by atoms with Crippen LogP contribution in [0.3, 0.4) is 0 Å². The van der Waals surface area contributed by atoms with Crippen LogP contribution in [0.15, 0.2) is 53.8 Å². The molecule has 0 unspecified atom stereocenters. The molecule has 1 aromatic rings. The van der Waals surface area contributed by atoms with Gasteiger partial charge in [0.1, 0.15) is 5.76 Å². The predicted molar refractivity (Wildman–Crippen MR) is 62.9 cm³/mol. The number of hydrogen-bond donors (Lipinski definition) is 0. The molecule has 0 aliphatic heterocycles. The van der Waals surface area contributed by atoms with Gasteiger partial charge in [-0.25, -0.2) is 4.79 Å². The summed E-state index contributed by atoms with van der Waals surface area (Å²) in [6.07, 6.45) is 5.64. The lowest BCUT2D eigenvalue weighted by molar-refractivity contribution is 0.0613. The zero-order valence-corrected chi connectivity index (χ0v) is 9.27. The van der Waals surface area contributed by atoms with Gasteiger partial charge in [0.15, 0.2) is 0 Å². The van der Waals surface area contributed by atoms with Crippen LogP contribution < -0.4 is 0 Å². The van der Waals surface area contributed by atoms with E-state index >= 15 is 0 Å². The molecular weight excluding hydrogens is 200 g/mol. The monoisotopic (exact) mass is 214 g/mol. The second kappa shape index (κ2) is 4.79. The van der Waals surface area contributed by atoms with Crippen LogP contribution in [0.4, 0.5) is 0 Å². The van der Waals surface area contributed by atoms with E-state index in [2.05, 4.69) is 6.92 Å². The van der Waals surface area contributed by atoms with Gasteiger partial charge in [-0.05, 0) is 31.6 Å². The summed E-state index contributed by atoms with van der Waals surface area (Å²) in [5.74, 6) is 0.472. The average Bonchev–Trinajstić information content (AvgIpc) is 2.33. The van der Waals surface area contributed by atoms with E-state index in [4.69, 9.17) is 4.74 Å². The van der Waals surface area contributed by atoms with Gasteiger partial charge in [0, 0.05) is 6.42 Å². The minimum absolute atomic E-state index is 0.278. The van der Waals surface area contributed by atoms with Crippen molar-refractivity contribution in [2.45, 2.75) is 19.8 Å². The summed E-state index contributed by atoms with van der Waals surface area (Å²) in [5.41, 5.74) is 1.91. The molecule has 2 nitrogen and oxygen atoms in total. The molecule has 0 amide bonds. The standard InChI is InChI=1S/C14H14O2/c1-11-7-9-13(10-8-11)16-14(15)12-5-3-2-4-6-12/h2-7,9H,8,10H2,1H3. The number of ether oxygens (including phenoxy) is 1. The van der Waals surface area contributed by atoms with Crippen LogP contribution in [0.25, 0.3) is 0 Å². The zero-order chi connectivity index (χ0) is 11.4. The summed E-state index contributed by atoms with van der Waals surface area (Å²) < 4.78 is 5.30. The van der Waals surface area contributed by atoms with Crippen LogP contribution in [0, 0.1) is 0 Å². The van der Waals surface area contributed by atoms with E-state index in [1.54, 1.807) is 12.1 Å². The van der Waals surface area contributed by atoms with E-state index in [-0.39, 0.29) is 5.97 Å². The van der Waals surface area contributed by atoms with Crippen molar-refractivity contribution in [3.05, 3.63) is 59.4 Å². The second-order valence-corrected chi connectivity index (χ2v) is 3.90. The summed E-state index contributed by atoms with van der Waals surface area (Å²) in [7, 11) is 0. The number of esters is 1. The maximum absolute atomic E-state index is 11.7. The van der Waals surface area contributed by atoms with E-state index in [1.165, 1.54) is 5.57 Å². The molecule has 2 heteroatoms. The van der Waals surface area contributed by atoms with E-state index in [1.807, 2.05) is 30.4 Å². The average molecular weight is 214 g/mol. The SMILES string of the molecule is CC1=CC=C(OC(=O)c2ccccc2)CC1. The summed E-state index contributed by atoms with van der Waals surface area (Å²) in [4.78, 5) is 11.7. The van der Waals surface area contributed by atoms with E-state index in [0.29, 0.717) is 5.56 Å². The first-order valence-electron chi connectivity index (χ1n) is 5.39. The van der Waals surface area contributed by atoms with Gasteiger partial charge in [-0.1, -0.05) is 29.8 Å². The molecule has 1 aromatic carbocycles. The topological polar surface area (TPSA) is 26.3 Å². The van der Waals surface area contributed by atoms with Crippen molar-refractivity contribution in [2.75, 3.05) is 0 Å². The lowest BCUT2D eigenvalue weighted by atomic mass is 10.1. The molecule has 0 aromatic heterocycles. The van der Waals surface area contributed by atoms with Crippen molar-refractivity contribution in [1.29, 1.82) is 0 Å². The Kier molecular flexibility index (Phi) is 3.20. The van der Waals surface area contributed by atoms with Crippen LogP contribution in [-0.2, 0) is 4.74 Å². The first kappa shape index (κ1) is 10.7. The number of rotatable bonds is 2. The van der Waals surface area contributed by atoms with E-state index in [0.717, 1.165) is 18.6 Å². The highest BCUT2D eigenvalue weighted by Crippen LogP contribution is 2.19. The number of benzene rings is 1. The second-order valence-electron chi connectivity index (χ2n) is 3.90. The highest BCUT2D eigenvalue weighted by molar-refractivity contribution is 5.90. The molecule has 0 saturated carbocycles. The Balaban J connectivity index is 2.04. The molecule has 0 radical (unpaired) electrons. The lowest BCUT2D eigenvalue weighted by Crippen LogP contribution is -2.06. The Morgan fingerprint density at radius 2 is 1.88 bits per heavy atom. The predicted octanol–water partition coefficient (Wildman–Crippen LogP) is 3.47. The van der Waals surface area contributed by atoms with Gasteiger partial charge in [-0.3, -0.25) is 0 Å². The largest absolute Gasteiger partial charge is 0.427 e. The summed E-state index contributed by atoms with van der Waals surface area (Å²) in [5, 5.41) is 0. The van der Waals surface area contributed by atoms with Crippen LogP contribution in [0.1, 0.15) is 30.1 Å². The summed E-state index contributed by atoms with van der Waals surface area (Å²) in [6.45, 7) is 2.08. The third-order valence-electron chi connectivity index (χ3n) is 2.55. The minimum Gasteiger partial charge on any atom is -0.427 e. The fraction of sp³-hybridized carbons (Fsp3) is 0.214. The number of carbonyl (C=O) groups excluding carboxylic acids is 1. The first-order chi connectivity index (χ1) is 7.75. The van der Waals surface area contributed by atoms with Gasteiger partial charge < -0.3 is 4.74 Å². The Bertz CT molecular complexity index is 441. The van der Waals surface area contributed by atoms with E-state index < -0.39 is 0 Å². The lowest BCUT2D eigenvalue weighted by Gasteiger charge is -2.12. The highest BCUT2D eigenvalue weighted by atomic mass is 16.5. The third kappa shape index (κ3) is 2.60. The van der Waals surface area contributed by atoms with Gasteiger partial charge in [0.05, 0.1) is 5.56 Å². The fourth-order valence-corrected chi connectivity index (χ4v) is 1.56. The third-order valence-corrected chi connectivity index (χ3v) is 2.55. The van der Waals surface area contributed by atoms with Crippen molar-refractivity contribution in [3.63, 3.8) is 0 Å². The van der Waals surface area contributed by atoms with Crippen molar-refractivity contribution < 1.29 is 9.53 Å². The molecule has 0 heterocycles. The molecule has 82 valence electrons. The Labute approximate surface area is 95.2 Å². The first-order valence-corrected chi connectivity index (χ1v) is 5.39. The van der Waals surface area contributed by atoms with Crippen molar-refractivity contribution >= 4 is 5.97 Å². The fourth-order valence-electron chi connectivity index (χ4n) is 1.56. The van der Waals surface area contributed by atoms with Crippen LogP contribution in [0.2, 0.25) is 0 Å². The molecule has 16 heavy (non-hydrogen) atoms. The Morgan fingerprint density at radius 1 is 1.12 bits per heavy atom. The van der Waals surface area contributed by atoms with Crippen LogP contribution in [0.5, 0.6) is 0 Å². The summed E-state index contributed by atoms with van der Waals surface area (Å²) >= 11 is 0. The van der Waals surface area contributed by atoms with Crippen molar-refractivity contribution in [1.82, 2.24) is 0 Å². The highest BCUT2D eigenvalue weighted by Gasteiger charge is 2.11. The number of carbonyl (C=O) groups is 1. The minimum atomic E-state index is -0.278. The van der Waals surface area contributed by atoms with Crippen molar-refractivity contribution in [3.8, 4) is 0 Å². The molecular formula is C14H14O2. The van der Waals surface area contributed by atoms with Crippen LogP contribution >= 0.6 is 0 Å². The van der Waals surface area contributed by atoms with Gasteiger partial charge in [0.25, 0.3) is 0 Å². The molecule has 0 atom stereocenters. The molecule has 0 spiro atoms. The summed E-state index contributed by atoms with van der Waals surface area (Å²) in [6, 6.07) is 9.05. The van der Waals surface area contributed by atoms with Gasteiger partial charge in [0.2, 0.25) is 0 Å². The molecule has 1 aliphatic rings. The smallest absolute Gasteiger partial charge is 0.343 e. The van der Waals surface area contributed by atoms with Crippen LogP contribution in [-0.4, -0.2) is 5.97 Å². The zero-order valence-electron chi connectivity index (χ0n) is 9.27.